The first kappa shape index (κ1) is 15.1. The number of halogens is 1. The zero-order chi connectivity index (χ0) is 14.7. The molecule has 0 spiro atoms. The molecule has 0 radical (unpaired) electrons. The van der Waals surface area contributed by atoms with Crippen LogP contribution in [0.4, 0.5) is 5.69 Å². The van der Waals surface area contributed by atoms with E-state index in [1.165, 1.54) is 36.9 Å². The van der Waals surface area contributed by atoms with Gasteiger partial charge in [-0.25, -0.2) is 0 Å². The van der Waals surface area contributed by atoms with E-state index in [2.05, 4.69) is 29.4 Å². The molecule has 0 saturated heterocycles. The Bertz CT molecular complexity index is 472. The van der Waals surface area contributed by atoms with Gasteiger partial charge in [0.25, 0.3) is 0 Å². The summed E-state index contributed by atoms with van der Waals surface area (Å²) in [5, 5.41) is 4.38. The van der Waals surface area contributed by atoms with Crippen LogP contribution in [0.3, 0.4) is 0 Å². The lowest BCUT2D eigenvalue weighted by Gasteiger charge is -2.23. The highest BCUT2D eigenvalue weighted by Gasteiger charge is 2.22. The van der Waals surface area contributed by atoms with E-state index in [9.17, 15) is 0 Å². The summed E-state index contributed by atoms with van der Waals surface area (Å²) in [6.07, 6.45) is 5.31. The highest BCUT2D eigenvalue weighted by atomic mass is 35.5. The van der Waals surface area contributed by atoms with E-state index >= 15 is 0 Å². The van der Waals surface area contributed by atoms with Crippen LogP contribution in [0.2, 0.25) is 5.02 Å². The monoisotopic (exact) mass is 308 g/mol. The zero-order valence-corrected chi connectivity index (χ0v) is 13.5. The van der Waals surface area contributed by atoms with Crippen LogP contribution in [0.15, 0.2) is 18.2 Å². The molecule has 0 aliphatic heterocycles. The van der Waals surface area contributed by atoms with Gasteiger partial charge in [-0.05, 0) is 55.4 Å². The molecule has 1 aromatic rings. The maximum absolute atomic E-state index is 6.15. The van der Waals surface area contributed by atoms with Crippen molar-refractivity contribution >= 4 is 17.3 Å². The van der Waals surface area contributed by atoms with Crippen LogP contribution >= 0.6 is 11.6 Å². The van der Waals surface area contributed by atoms with E-state index in [-0.39, 0.29) is 0 Å². The van der Waals surface area contributed by atoms with E-state index in [1.807, 2.05) is 6.07 Å². The average molecular weight is 309 g/mol. The maximum atomic E-state index is 6.15. The van der Waals surface area contributed by atoms with Gasteiger partial charge in [-0.3, -0.25) is 0 Å². The molecule has 3 rings (SSSR count). The fraction of sp³-hybridized carbons (Fsp3) is 0.647. The SMILES string of the molecule is CN(CCOCC1CC1)c1ccc(Cl)cc1CNC1CC1. The minimum atomic E-state index is 0.712. The summed E-state index contributed by atoms with van der Waals surface area (Å²) < 4.78 is 5.74. The molecule has 2 saturated carbocycles. The van der Waals surface area contributed by atoms with Crippen molar-refractivity contribution in [1.29, 1.82) is 0 Å². The van der Waals surface area contributed by atoms with Crippen LogP contribution in [-0.2, 0) is 11.3 Å². The number of benzene rings is 1. The first-order valence-electron chi connectivity index (χ1n) is 8.03. The molecule has 0 heterocycles. The van der Waals surface area contributed by atoms with Gasteiger partial charge in [0.05, 0.1) is 6.61 Å². The van der Waals surface area contributed by atoms with Crippen molar-refractivity contribution < 1.29 is 4.74 Å². The smallest absolute Gasteiger partial charge is 0.0641 e. The second-order valence-electron chi connectivity index (χ2n) is 6.37. The van der Waals surface area contributed by atoms with Gasteiger partial charge in [0.15, 0.2) is 0 Å². The van der Waals surface area contributed by atoms with Crippen molar-refractivity contribution in [2.45, 2.75) is 38.3 Å². The Morgan fingerprint density at radius 3 is 2.81 bits per heavy atom. The lowest BCUT2D eigenvalue weighted by atomic mass is 10.1. The summed E-state index contributed by atoms with van der Waals surface area (Å²) in [5.74, 6) is 0.837. The third kappa shape index (κ3) is 4.87. The van der Waals surface area contributed by atoms with Crippen LogP contribution < -0.4 is 10.2 Å². The Balaban J connectivity index is 1.52. The van der Waals surface area contributed by atoms with E-state index in [4.69, 9.17) is 16.3 Å². The summed E-state index contributed by atoms with van der Waals surface area (Å²) >= 11 is 6.15. The summed E-state index contributed by atoms with van der Waals surface area (Å²) in [6.45, 7) is 3.55. The molecule has 2 aliphatic carbocycles. The van der Waals surface area contributed by atoms with Crippen LogP contribution in [0, 0.1) is 5.92 Å². The molecule has 21 heavy (non-hydrogen) atoms. The van der Waals surface area contributed by atoms with Gasteiger partial charge in [-0.15, -0.1) is 0 Å². The third-order valence-electron chi connectivity index (χ3n) is 4.23. The van der Waals surface area contributed by atoms with Gasteiger partial charge >= 0.3 is 0 Å². The molecular formula is C17H25ClN2O. The second kappa shape index (κ2) is 6.99. The minimum Gasteiger partial charge on any atom is -0.379 e. The number of nitrogens with zero attached hydrogens (tertiary/aromatic N) is 1. The van der Waals surface area contributed by atoms with Crippen LogP contribution in [0.5, 0.6) is 0 Å². The molecule has 0 bridgehead atoms. The average Bonchev–Trinajstić information content (AvgIpc) is 3.36. The molecule has 0 aromatic heterocycles. The summed E-state index contributed by atoms with van der Waals surface area (Å²) in [4.78, 5) is 2.27. The highest BCUT2D eigenvalue weighted by Crippen LogP contribution is 2.29. The maximum Gasteiger partial charge on any atom is 0.0641 e. The Kier molecular flexibility index (Phi) is 5.04. The van der Waals surface area contributed by atoms with E-state index < -0.39 is 0 Å². The normalized spacial score (nSPS) is 18.0. The number of ether oxygens (including phenoxy) is 1. The Hall–Kier alpha value is -0.770. The minimum absolute atomic E-state index is 0.712. The van der Waals surface area contributed by atoms with Gasteiger partial charge in [0.2, 0.25) is 0 Å². The Morgan fingerprint density at radius 2 is 2.10 bits per heavy atom. The number of hydrogen-bond acceptors (Lipinski definition) is 3. The lowest BCUT2D eigenvalue weighted by molar-refractivity contribution is 0.131. The van der Waals surface area contributed by atoms with Crippen LogP contribution in [0.1, 0.15) is 31.2 Å². The van der Waals surface area contributed by atoms with Gasteiger partial charge in [0.1, 0.15) is 0 Å². The molecule has 3 nitrogen and oxygen atoms in total. The third-order valence-corrected chi connectivity index (χ3v) is 4.47. The van der Waals surface area contributed by atoms with Gasteiger partial charge in [-0.2, -0.15) is 0 Å². The van der Waals surface area contributed by atoms with E-state index in [1.54, 1.807) is 0 Å². The van der Waals surface area contributed by atoms with Crippen molar-refractivity contribution in [2.75, 3.05) is 31.7 Å². The molecule has 116 valence electrons. The molecular weight excluding hydrogens is 284 g/mol. The van der Waals surface area contributed by atoms with Gasteiger partial charge in [0, 0.05) is 43.5 Å². The number of hydrogen-bond donors (Lipinski definition) is 1. The largest absolute Gasteiger partial charge is 0.379 e. The van der Waals surface area contributed by atoms with Crippen molar-refractivity contribution in [3.63, 3.8) is 0 Å². The first-order valence-corrected chi connectivity index (χ1v) is 8.41. The predicted octanol–water partition coefficient (Wildman–Crippen LogP) is 3.45. The van der Waals surface area contributed by atoms with E-state index in [0.717, 1.165) is 37.2 Å². The quantitative estimate of drug-likeness (QED) is 0.707. The fourth-order valence-electron chi connectivity index (χ4n) is 2.47. The Labute approximate surface area is 132 Å². The van der Waals surface area contributed by atoms with Crippen molar-refractivity contribution in [2.24, 2.45) is 5.92 Å². The van der Waals surface area contributed by atoms with Crippen LogP contribution in [0.25, 0.3) is 0 Å². The van der Waals surface area contributed by atoms with E-state index in [0.29, 0.717) is 6.04 Å². The Morgan fingerprint density at radius 1 is 1.29 bits per heavy atom. The van der Waals surface area contributed by atoms with Gasteiger partial charge in [-0.1, -0.05) is 11.6 Å². The van der Waals surface area contributed by atoms with Crippen molar-refractivity contribution in [3.8, 4) is 0 Å². The summed E-state index contributed by atoms with van der Waals surface area (Å²) in [6, 6.07) is 6.88. The fourth-order valence-corrected chi connectivity index (χ4v) is 2.66. The molecule has 1 aromatic carbocycles. The topological polar surface area (TPSA) is 24.5 Å². The van der Waals surface area contributed by atoms with Crippen molar-refractivity contribution in [3.05, 3.63) is 28.8 Å². The van der Waals surface area contributed by atoms with Gasteiger partial charge < -0.3 is 15.0 Å². The highest BCUT2D eigenvalue weighted by molar-refractivity contribution is 6.30. The molecule has 1 N–H and O–H groups in total. The van der Waals surface area contributed by atoms with Crippen molar-refractivity contribution in [1.82, 2.24) is 5.32 Å². The summed E-state index contributed by atoms with van der Waals surface area (Å²) in [5.41, 5.74) is 2.53. The summed E-state index contributed by atoms with van der Waals surface area (Å²) in [7, 11) is 2.13. The number of rotatable bonds is 9. The molecule has 0 unspecified atom stereocenters. The predicted molar refractivity (Wildman–Crippen MR) is 88.1 cm³/mol. The molecule has 2 aliphatic rings. The second-order valence-corrected chi connectivity index (χ2v) is 6.80. The molecule has 0 atom stereocenters. The lowest BCUT2D eigenvalue weighted by Crippen LogP contribution is -2.25. The number of nitrogens with one attached hydrogen (secondary N) is 1. The number of likely N-dealkylation sites (N-methyl/N-ethyl adjacent to an activating group) is 1. The first-order chi connectivity index (χ1) is 10.2. The van der Waals surface area contributed by atoms with Crippen LogP contribution in [-0.4, -0.2) is 32.8 Å². The molecule has 0 amide bonds. The number of anilines is 1. The molecule has 4 heteroatoms. The zero-order valence-electron chi connectivity index (χ0n) is 12.8. The molecule has 2 fully saturated rings. The standard InChI is InChI=1S/C17H25ClN2O/c1-20(8-9-21-12-13-2-3-13)17-7-4-15(18)10-14(17)11-19-16-5-6-16/h4,7,10,13,16,19H,2-3,5-6,8-9,11-12H2,1H3.